The first-order chi connectivity index (χ1) is 8.22. The summed E-state index contributed by atoms with van der Waals surface area (Å²) in [6.45, 7) is 2.87. The van der Waals surface area contributed by atoms with E-state index < -0.39 is 0 Å². The Morgan fingerprint density at radius 1 is 1.47 bits per heavy atom. The Morgan fingerprint density at radius 3 is 3.06 bits per heavy atom. The molecule has 2 rings (SSSR count). The largest absolute Gasteiger partial charge is 0.394 e. The van der Waals surface area contributed by atoms with Crippen LogP contribution in [-0.4, -0.2) is 43.9 Å². The van der Waals surface area contributed by atoms with Gasteiger partial charge in [0.25, 0.3) is 0 Å². The number of anilines is 1. The first-order valence-electron chi connectivity index (χ1n) is 5.36. The van der Waals surface area contributed by atoms with Crippen LogP contribution in [0.25, 0.3) is 11.2 Å². The predicted molar refractivity (Wildman–Crippen MR) is 62.2 cm³/mol. The Hall–Kier alpha value is -1.73. The molecule has 0 spiro atoms. The van der Waals surface area contributed by atoms with Gasteiger partial charge in [0, 0.05) is 0 Å². The topological polar surface area (TPSA) is 99.1 Å². The van der Waals surface area contributed by atoms with Crippen LogP contribution in [0, 0.1) is 0 Å². The molecule has 2 aromatic rings. The van der Waals surface area contributed by atoms with Crippen LogP contribution in [0.1, 0.15) is 6.92 Å². The van der Waals surface area contributed by atoms with Gasteiger partial charge in [0.2, 0.25) is 0 Å². The Balaban J connectivity index is 2.16. The van der Waals surface area contributed by atoms with E-state index >= 15 is 0 Å². The minimum atomic E-state index is -0.0317. The lowest BCUT2D eigenvalue weighted by Crippen LogP contribution is -2.18. The van der Waals surface area contributed by atoms with Crippen LogP contribution in [0.4, 0.5) is 5.82 Å². The minimum Gasteiger partial charge on any atom is -0.394 e. The summed E-state index contributed by atoms with van der Waals surface area (Å²) in [5, 5.41) is 8.67. The maximum atomic E-state index is 8.67. The van der Waals surface area contributed by atoms with E-state index in [1.165, 1.54) is 6.33 Å². The van der Waals surface area contributed by atoms with Gasteiger partial charge in [-0.15, -0.1) is 0 Å². The first-order valence-corrected chi connectivity index (χ1v) is 5.36. The van der Waals surface area contributed by atoms with Crippen LogP contribution in [0.2, 0.25) is 0 Å². The van der Waals surface area contributed by atoms with Crippen LogP contribution in [0.15, 0.2) is 12.7 Å². The highest BCUT2D eigenvalue weighted by molar-refractivity contribution is 5.81. The lowest BCUT2D eigenvalue weighted by Gasteiger charge is -2.12. The molecule has 0 bridgehead atoms. The molecule has 2 heterocycles. The molecule has 0 saturated heterocycles. The van der Waals surface area contributed by atoms with Gasteiger partial charge < -0.3 is 20.1 Å². The van der Waals surface area contributed by atoms with Crippen molar-refractivity contribution in [2.24, 2.45) is 0 Å². The number of aliphatic hydroxyl groups excluding tert-OH is 1. The molecule has 0 aliphatic heterocycles. The molecule has 92 valence electrons. The van der Waals surface area contributed by atoms with Gasteiger partial charge in [-0.05, 0) is 6.92 Å². The second-order valence-electron chi connectivity index (χ2n) is 3.73. The SMILES string of the molecule is C[C@H](Cn1cnc2c(N)ncnc21)OCCO. The van der Waals surface area contributed by atoms with Gasteiger partial charge in [0.1, 0.15) is 11.8 Å². The molecule has 3 N–H and O–H groups in total. The van der Waals surface area contributed by atoms with Gasteiger partial charge in [-0.2, -0.15) is 0 Å². The van der Waals surface area contributed by atoms with Gasteiger partial charge in [-0.1, -0.05) is 0 Å². The molecule has 7 nitrogen and oxygen atoms in total. The molecule has 0 aliphatic carbocycles. The Labute approximate surface area is 98.3 Å². The zero-order valence-electron chi connectivity index (χ0n) is 9.58. The molecule has 0 radical (unpaired) electrons. The number of imidazole rings is 1. The molecule has 0 amide bonds. The lowest BCUT2D eigenvalue weighted by atomic mass is 10.4. The standard InChI is InChI=1S/C10H15N5O2/c1-7(17-3-2-16)4-15-6-14-8-9(11)12-5-13-10(8)15/h5-7,16H,2-4H2,1H3,(H2,11,12,13)/t7-/m1/s1. The van der Waals surface area contributed by atoms with E-state index in [0.717, 1.165) is 0 Å². The number of nitrogens with zero attached hydrogens (tertiary/aromatic N) is 4. The van der Waals surface area contributed by atoms with E-state index in [0.29, 0.717) is 30.1 Å². The number of aromatic nitrogens is 4. The molecule has 0 aliphatic rings. The maximum Gasteiger partial charge on any atom is 0.165 e. The fourth-order valence-electron chi connectivity index (χ4n) is 1.62. The van der Waals surface area contributed by atoms with Crippen LogP contribution in [-0.2, 0) is 11.3 Å². The molecular weight excluding hydrogens is 222 g/mol. The molecule has 0 aromatic carbocycles. The van der Waals surface area contributed by atoms with E-state index in [9.17, 15) is 0 Å². The number of ether oxygens (including phenoxy) is 1. The monoisotopic (exact) mass is 237 g/mol. The third kappa shape index (κ3) is 2.51. The van der Waals surface area contributed by atoms with E-state index in [-0.39, 0.29) is 12.7 Å². The van der Waals surface area contributed by atoms with Gasteiger partial charge >= 0.3 is 0 Å². The maximum absolute atomic E-state index is 8.67. The zero-order chi connectivity index (χ0) is 12.3. The molecule has 7 heteroatoms. The van der Waals surface area contributed by atoms with Crippen molar-refractivity contribution in [3.05, 3.63) is 12.7 Å². The second kappa shape index (κ2) is 5.07. The highest BCUT2D eigenvalue weighted by Gasteiger charge is 2.10. The molecule has 17 heavy (non-hydrogen) atoms. The van der Waals surface area contributed by atoms with Crippen molar-refractivity contribution >= 4 is 17.0 Å². The average molecular weight is 237 g/mol. The summed E-state index contributed by atoms with van der Waals surface area (Å²) in [4.78, 5) is 12.2. The van der Waals surface area contributed by atoms with Crippen molar-refractivity contribution in [3.8, 4) is 0 Å². The van der Waals surface area contributed by atoms with E-state index in [2.05, 4.69) is 15.0 Å². The van der Waals surface area contributed by atoms with Crippen molar-refractivity contribution in [2.75, 3.05) is 18.9 Å². The number of nitrogens with two attached hydrogens (primary N) is 1. The highest BCUT2D eigenvalue weighted by Crippen LogP contribution is 2.14. The number of hydrogen-bond donors (Lipinski definition) is 2. The smallest absolute Gasteiger partial charge is 0.165 e. The van der Waals surface area contributed by atoms with E-state index in [4.69, 9.17) is 15.6 Å². The third-order valence-corrected chi connectivity index (χ3v) is 2.38. The van der Waals surface area contributed by atoms with Gasteiger partial charge in [0.05, 0.1) is 32.2 Å². The second-order valence-corrected chi connectivity index (χ2v) is 3.73. The van der Waals surface area contributed by atoms with Crippen LogP contribution < -0.4 is 5.73 Å². The number of nitrogen functional groups attached to an aromatic ring is 1. The fraction of sp³-hybridized carbons (Fsp3) is 0.500. The van der Waals surface area contributed by atoms with Gasteiger partial charge in [-0.3, -0.25) is 0 Å². The molecule has 1 atom stereocenters. The average Bonchev–Trinajstić information content (AvgIpc) is 2.71. The van der Waals surface area contributed by atoms with Crippen molar-refractivity contribution in [3.63, 3.8) is 0 Å². The van der Waals surface area contributed by atoms with Crippen molar-refractivity contribution in [1.29, 1.82) is 0 Å². The Kier molecular flexibility index (Phi) is 3.50. The van der Waals surface area contributed by atoms with Crippen LogP contribution in [0.3, 0.4) is 0 Å². The summed E-state index contributed by atoms with van der Waals surface area (Å²) in [7, 11) is 0. The molecule has 2 aromatic heterocycles. The van der Waals surface area contributed by atoms with Crippen molar-refractivity contribution in [2.45, 2.75) is 19.6 Å². The summed E-state index contributed by atoms with van der Waals surface area (Å²) >= 11 is 0. The molecule has 0 unspecified atom stereocenters. The number of fused-ring (bicyclic) bond motifs is 1. The van der Waals surface area contributed by atoms with Gasteiger partial charge in [-0.25, -0.2) is 15.0 Å². The summed E-state index contributed by atoms with van der Waals surface area (Å²) in [5.74, 6) is 0.373. The Bertz CT molecular complexity index is 498. The summed E-state index contributed by atoms with van der Waals surface area (Å²) in [6.07, 6.45) is 3.04. The molecular formula is C10H15N5O2. The lowest BCUT2D eigenvalue weighted by molar-refractivity contribution is 0.0305. The van der Waals surface area contributed by atoms with Crippen LogP contribution in [0.5, 0.6) is 0 Å². The summed E-state index contributed by atoms with van der Waals surface area (Å²) in [5.41, 5.74) is 6.98. The number of aliphatic hydroxyl groups is 1. The van der Waals surface area contributed by atoms with Crippen LogP contribution >= 0.6 is 0 Å². The summed E-state index contributed by atoms with van der Waals surface area (Å²) in [6, 6.07) is 0. The van der Waals surface area contributed by atoms with Crippen molar-refractivity contribution < 1.29 is 9.84 Å². The zero-order valence-corrected chi connectivity index (χ0v) is 9.58. The van der Waals surface area contributed by atoms with E-state index in [1.54, 1.807) is 6.33 Å². The molecule has 0 saturated carbocycles. The predicted octanol–water partition coefficient (Wildman–Crippen LogP) is -0.194. The number of rotatable bonds is 5. The highest BCUT2D eigenvalue weighted by atomic mass is 16.5. The minimum absolute atomic E-state index is 0.0180. The summed E-state index contributed by atoms with van der Waals surface area (Å²) < 4.78 is 7.23. The third-order valence-electron chi connectivity index (χ3n) is 2.38. The normalized spacial score (nSPS) is 13.1. The molecule has 0 fully saturated rings. The quantitative estimate of drug-likeness (QED) is 0.747. The number of hydrogen-bond acceptors (Lipinski definition) is 6. The first kappa shape index (κ1) is 11.7. The van der Waals surface area contributed by atoms with Gasteiger partial charge in [0.15, 0.2) is 11.5 Å². The van der Waals surface area contributed by atoms with E-state index in [1.807, 2.05) is 11.5 Å². The fourth-order valence-corrected chi connectivity index (χ4v) is 1.62. The van der Waals surface area contributed by atoms with Crippen molar-refractivity contribution in [1.82, 2.24) is 19.5 Å². The Morgan fingerprint density at radius 2 is 2.29 bits per heavy atom.